The summed E-state index contributed by atoms with van der Waals surface area (Å²) in [5.74, 6) is -1.59. The molecule has 0 radical (unpaired) electrons. The third kappa shape index (κ3) is 13.3. The molecule has 3 aromatic rings. The molecule has 0 saturated heterocycles. The molecule has 2 amide bonds. The van der Waals surface area contributed by atoms with Gasteiger partial charge in [0.25, 0.3) is 5.91 Å². The van der Waals surface area contributed by atoms with Crippen molar-refractivity contribution in [2.24, 2.45) is 5.92 Å². The van der Waals surface area contributed by atoms with Crippen molar-refractivity contribution in [2.45, 2.75) is 76.5 Å². The molecule has 5 N–H and O–H groups in total. The molecule has 0 saturated carbocycles. The lowest BCUT2D eigenvalue weighted by Gasteiger charge is -2.31. The zero-order valence-electron chi connectivity index (χ0n) is 28.5. The summed E-state index contributed by atoms with van der Waals surface area (Å²) < 4.78 is 16.0. The van der Waals surface area contributed by atoms with Crippen LogP contribution in [0.3, 0.4) is 0 Å². The first-order valence-electron chi connectivity index (χ1n) is 16.7. The lowest BCUT2D eigenvalue weighted by molar-refractivity contribution is -0.172. The van der Waals surface area contributed by atoms with E-state index in [1.165, 1.54) is 7.11 Å². The van der Waals surface area contributed by atoms with Gasteiger partial charge in [-0.15, -0.1) is 0 Å². The highest BCUT2D eigenvalue weighted by Crippen LogP contribution is 2.25. The van der Waals surface area contributed by atoms with E-state index in [-0.39, 0.29) is 38.5 Å². The molecule has 11 nitrogen and oxygen atoms in total. The molecule has 5 atom stereocenters. The summed E-state index contributed by atoms with van der Waals surface area (Å²) in [5, 5.41) is 37.5. The number of unbranched alkanes of at least 4 members (excludes halogenated alkanes) is 2. The van der Waals surface area contributed by atoms with Gasteiger partial charge in [0, 0.05) is 31.7 Å². The fourth-order valence-electron chi connectivity index (χ4n) is 5.43. The van der Waals surface area contributed by atoms with Crippen molar-refractivity contribution in [3.05, 3.63) is 96.1 Å². The summed E-state index contributed by atoms with van der Waals surface area (Å²) in [6.45, 7) is 3.88. The number of aliphatic hydroxyl groups excluding tert-OH is 3. The lowest BCUT2D eigenvalue weighted by Crippen LogP contribution is -2.45. The topological polar surface area (TPSA) is 164 Å². The number of carbonyl (C=O) groups excluding carboxylic acids is 3. The number of rotatable bonds is 20. The van der Waals surface area contributed by atoms with Gasteiger partial charge in [-0.05, 0) is 67.3 Å². The summed E-state index contributed by atoms with van der Waals surface area (Å²) in [4.78, 5) is 37.1. The van der Waals surface area contributed by atoms with Crippen molar-refractivity contribution < 1.29 is 43.9 Å². The summed E-state index contributed by atoms with van der Waals surface area (Å²) in [6, 6.07) is 26.3. The molecule has 3 rings (SSSR count). The van der Waals surface area contributed by atoms with E-state index >= 15 is 0 Å². The SMILES string of the molecule is COC(=O)C(C)(CC(O)CC(C)C(O)C(O)CNC(=O)c1ccc(-c2ccccc2)cc1)OCCCCCNC(=O)OCc1ccccc1. The van der Waals surface area contributed by atoms with E-state index < -0.39 is 41.9 Å². The van der Waals surface area contributed by atoms with Crippen LogP contribution in [0.2, 0.25) is 0 Å². The second-order valence-electron chi connectivity index (χ2n) is 12.4. The van der Waals surface area contributed by atoms with E-state index in [2.05, 4.69) is 10.6 Å². The van der Waals surface area contributed by atoms with Crippen molar-refractivity contribution >= 4 is 18.0 Å². The molecule has 3 aromatic carbocycles. The molecule has 0 aliphatic rings. The van der Waals surface area contributed by atoms with Crippen LogP contribution in [0.25, 0.3) is 11.1 Å². The number of methoxy groups -OCH3 is 1. The van der Waals surface area contributed by atoms with Gasteiger partial charge in [0.1, 0.15) is 6.61 Å². The first-order valence-corrected chi connectivity index (χ1v) is 16.7. The van der Waals surface area contributed by atoms with Crippen molar-refractivity contribution in [2.75, 3.05) is 26.8 Å². The predicted molar refractivity (Wildman–Crippen MR) is 185 cm³/mol. The zero-order chi connectivity index (χ0) is 35.6. The molecular formula is C38H50N2O9. The molecule has 266 valence electrons. The molecular weight excluding hydrogens is 628 g/mol. The number of hydrogen-bond acceptors (Lipinski definition) is 9. The van der Waals surface area contributed by atoms with Crippen LogP contribution in [0.1, 0.15) is 61.9 Å². The molecule has 0 spiro atoms. The maximum Gasteiger partial charge on any atom is 0.407 e. The van der Waals surface area contributed by atoms with Gasteiger partial charge in [-0.2, -0.15) is 0 Å². The van der Waals surface area contributed by atoms with Crippen LogP contribution in [0.4, 0.5) is 4.79 Å². The summed E-state index contributed by atoms with van der Waals surface area (Å²) >= 11 is 0. The van der Waals surface area contributed by atoms with Crippen LogP contribution in [0.15, 0.2) is 84.9 Å². The van der Waals surface area contributed by atoms with Crippen LogP contribution < -0.4 is 10.6 Å². The second kappa shape index (κ2) is 20.3. The Hall–Kier alpha value is -4.29. The molecule has 49 heavy (non-hydrogen) atoms. The largest absolute Gasteiger partial charge is 0.467 e. The highest BCUT2D eigenvalue weighted by Gasteiger charge is 2.38. The Bertz CT molecular complexity index is 1420. The first kappa shape index (κ1) is 39.2. The number of benzene rings is 3. The van der Waals surface area contributed by atoms with Gasteiger partial charge in [-0.1, -0.05) is 79.7 Å². The molecule has 11 heteroatoms. The van der Waals surface area contributed by atoms with Crippen LogP contribution in [-0.4, -0.2) is 84.0 Å². The fourth-order valence-corrected chi connectivity index (χ4v) is 5.43. The van der Waals surface area contributed by atoms with Gasteiger partial charge in [0.05, 0.1) is 25.4 Å². The van der Waals surface area contributed by atoms with E-state index in [4.69, 9.17) is 14.2 Å². The molecule has 0 aromatic heterocycles. The van der Waals surface area contributed by atoms with E-state index in [0.717, 1.165) is 23.1 Å². The Morgan fingerprint density at radius 2 is 1.45 bits per heavy atom. The van der Waals surface area contributed by atoms with Crippen LogP contribution in [-0.2, 0) is 25.6 Å². The number of nitrogens with one attached hydrogen (secondary N) is 2. The van der Waals surface area contributed by atoms with Gasteiger partial charge in [-0.3, -0.25) is 4.79 Å². The van der Waals surface area contributed by atoms with E-state index in [9.17, 15) is 29.7 Å². The highest BCUT2D eigenvalue weighted by molar-refractivity contribution is 5.94. The van der Waals surface area contributed by atoms with E-state index in [0.29, 0.717) is 24.9 Å². The Balaban J connectivity index is 1.36. The smallest absolute Gasteiger partial charge is 0.407 e. The standard InChI is InChI=1S/C38H50N2O9/c1-27(34(43)33(42)25-40-35(44)31-19-17-30(18-20-31)29-15-9-5-10-16-29)23-32(41)24-38(2,36(45)47-3)49-22-12-6-11-21-39-37(46)48-26-28-13-7-4-8-14-28/h4-5,7-10,13-20,27,32-34,41-43H,6,11-12,21-26H2,1-3H3,(H,39,46)(H,40,44). The average Bonchev–Trinajstić information content (AvgIpc) is 3.12. The highest BCUT2D eigenvalue weighted by atomic mass is 16.6. The van der Waals surface area contributed by atoms with Crippen molar-refractivity contribution in [1.29, 1.82) is 0 Å². The monoisotopic (exact) mass is 678 g/mol. The maximum absolute atomic E-state index is 12.6. The molecule has 0 aliphatic carbocycles. The van der Waals surface area contributed by atoms with Gasteiger partial charge in [0.15, 0.2) is 5.60 Å². The molecule has 5 unspecified atom stereocenters. The zero-order valence-corrected chi connectivity index (χ0v) is 28.5. The molecule has 0 bridgehead atoms. The van der Waals surface area contributed by atoms with E-state index in [1.54, 1.807) is 26.0 Å². The quantitative estimate of drug-likeness (QED) is 0.0847. The van der Waals surface area contributed by atoms with Crippen molar-refractivity contribution in [1.82, 2.24) is 10.6 Å². The fraction of sp³-hybridized carbons (Fsp3) is 0.447. The van der Waals surface area contributed by atoms with Gasteiger partial charge >= 0.3 is 12.1 Å². The number of hydrogen-bond donors (Lipinski definition) is 5. The first-order chi connectivity index (χ1) is 23.5. The number of aliphatic hydroxyl groups is 3. The molecule has 0 heterocycles. The Labute approximate surface area is 288 Å². The normalized spacial score (nSPS) is 14.8. The van der Waals surface area contributed by atoms with Crippen molar-refractivity contribution in [3.8, 4) is 11.1 Å². The minimum absolute atomic E-state index is 0.0646. The molecule has 0 fully saturated rings. The Kier molecular flexibility index (Phi) is 16.2. The van der Waals surface area contributed by atoms with Gasteiger partial charge in [0.2, 0.25) is 0 Å². The number of esters is 1. The number of carbonyl (C=O) groups is 3. The Morgan fingerprint density at radius 1 is 0.816 bits per heavy atom. The minimum atomic E-state index is -1.43. The van der Waals surface area contributed by atoms with Crippen LogP contribution >= 0.6 is 0 Å². The van der Waals surface area contributed by atoms with Gasteiger partial charge < -0.3 is 40.2 Å². The van der Waals surface area contributed by atoms with Crippen LogP contribution in [0.5, 0.6) is 0 Å². The Morgan fingerprint density at radius 3 is 2.10 bits per heavy atom. The number of amides is 2. The van der Waals surface area contributed by atoms with Crippen LogP contribution in [0, 0.1) is 5.92 Å². The average molecular weight is 679 g/mol. The minimum Gasteiger partial charge on any atom is -0.467 e. The third-order valence-electron chi connectivity index (χ3n) is 8.31. The predicted octanol–water partition coefficient (Wildman–Crippen LogP) is 4.63. The summed E-state index contributed by atoms with van der Waals surface area (Å²) in [6.07, 6.45) is -2.09. The summed E-state index contributed by atoms with van der Waals surface area (Å²) in [5.41, 5.74) is 1.89. The van der Waals surface area contributed by atoms with Gasteiger partial charge in [-0.25, -0.2) is 9.59 Å². The van der Waals surface area contributed by atoms with Crippen molar-refractivity contribution in [3.63, 3.8) is 0 Å². The third-order valence-corrected chi connectivity index (χ3v) is 8.31. The number of alkyl carbamates (subject to hydrolysis) is 1. The maximum atomic E-state index is 12.6. The summed E-state index contributed by atoms with van der Waals surface area (Å²) in [7, 11) is 1.24. The van der Waals surface area contributed by atoms with E-state index in [1.807, 2.05) is 72.8 Å². The number of ether oxygens (including phenoxy) is 3. The lowest BCUT2D eigenvalue weighted by atomic mass is 9.88. The second-order valence-corrected chi connectivity index (χ2v) is 12.4. The molecule has 0 aliphatic heterocycles.